The maximum atomic E-state index is 5.34. The van der Waals surface area contributed by atoms with E-state index in [2.05, 4.69) is 15.0 Å². The second kappa shape index (κ2) is 3.70. The summed E-state index contributed by atoms with van der Waals surface area (Å²) >= 11 is 6.62. The monoisotopic (exact) mass is 178 g/mol. The number of nitrogens with zero attached hydrogens (tertiary/aromatic N) is 2. The lowest BCUT2D eigenvalue weighted by atomic mass is 10.5. The Morgan fingerprint density at radius 1 is 1.60 bits per heavy atom. The normalized spacial score (nSPS) is 10.1. The number of hydrogen-bond donors (Lipinski definition) is 2. The van der Waals surface area contributed by atoms with Gasteiger partial charge in [-0.15, -0.1) is 10.2 Å². The molecule has 1 rings (SSSR count). The van der Waals surface area contributed by atoms with E-state index < -0.39 is 0 Å². The number of anilines is 1. The van der Waals surface area contributed by atoms with E-state index in [0.717, 1.165) is 11.4 Å². The first-order valence-electron chi connectivity index (χ1n) is 2.74. The summed E-state index contributed by atoms with van der Waals surface area (Å²) in [4.78, 5) is 2.50. The number of nitrogens with one attached hydrogen (secondary N) is 1. The largest absolute Gasteiger partial charge is 0.374 e. The van der Waals surface area contributed by atoms with Gasteiger partial charge in [0.1, 0.15) is 5.01 Å². The molecule has 1 heterocycles. The molecule has 3 N–H and O–H groups in total. The number of nitrogen functional groups attached to an aromatic ring is 1. The summed E-state index contributed by atoms with van der Waals surface area (Å²) in [5, 5.41) is 8.86. The van der Waals surface area contributed by atoms with Gasteiger partial charge in [-0.1, -0.05) is 11.3 Å². The molecule has 0 fully saturated rings. The minimum Gasteiger partial charge on any atom is -0.374 e. The smallest absolute Gasteiger partial charge is 0.203 e. The van der Waals surface area contributed by atoms with Crippen molar-refractivity contribution in [2.24, 2.45) is 0 Å². The Morgan fingerprint density at radius 3 is 2.90 bits per heavy atom. The van der Waals surface area contributed by atoms with Gasteiger partial charge in [-0.2, -0.15) is 0 Å². The molecule has 0 radical (unpaired) electrons. The van der Waals surface area contributed by atoms with E-state index in [0.29, 0.717) is 11.7 Å². The third-order valence-corrected chi connectivity index (χ3v) is 1.92. The minimum atomic E-state index is 0.504. The van der Waals surface area contributed by atoms with Gasteiger partial charge in [0.05, 0.1) is 0 Å². The average Bonchev–Trinajstić information content (AvgIpc) is 2.31. The number of nitrogens with two attached hydrogens (primary N) is 1. The van der Waals surface area contributed by atoms with Crippen LogP contribution in [0.3, 0.4) is 0 Å². The van der Waals surface area contributed by atoms with Gasteiger partial charge < -0.3 is 5.73 Å². The van der Waals surface area contributed by atoms with Gasteiger partial charge in [0.15, 0.2) is 0 Å². The lowest BCUT2D eigenvalue weighted by Gasteiger charge is -1.88. The minimum absolute atomic E-state index is 0.504. The van der Waals surface area contributed by atoms with Crippen molar-refractivity contribution in [2.45, 2.75) is 6.42 Å². The lowest BCUT2D eigenvalue weighted by molar-refractivity contribution is 0.867. The van der Waals surface area contributed by atoms with E-state index >= 15 is 0 Å². The van der Waals surface area contributed by atoms with Crippen LogP contribution in [0.2, 0.25) is 0 Å². The number of hydrogen-bond acceptors (Lipinski definition) is 5. The van der Waals surface area contributed by atoms with Crippen LogP contribution in [0, 0.1) is 0 Å². The summed E-state index contributed by atoms with van der Waals surface area (Å²) in [6.45, 7) is 0.691. The van der Waals surface area contributed by atoms with Crippen LogP contribution >= 0.6 is 23.1 Å². The van der Waals surface area contributed by atoms with Crippen LogP contribution in [0.15, 0.2) is 0 Å². The molecule has 4 nitrogen and oxygen atoms in total. The molecule has 0 aliphatic heterocycles. The van der Waals surface area contributed by atoms with Crippen molar-refractivity contribution >= 4 is 28.2 Å². The maximum absolute atomic E-state index is 5.34. The first-order chi connectivity index (χ1) is 4.83. The van der Waals surface area contributed by atoms with Gasteiger partial charge in [0.25, 0.3) is 0 Å². The Kier molecular flexibility index (Phi) is 2.85. The number of aromatic nitrogens is 2. The zero-order valence-corrected chi connectivity index (χ0v) is 6.74. The first kappa shape index (κ1) is 7.71. The zero-order valence-electron chi connectivity index (χ0n) is 5.17. The van der Waals surface area contributed by atoms with Crippen LogP contribution in [0.25, 0.3) is 0 Å². The van der Waals surface area contributed by atoms with Crippen molar-refractivity contribution in [1.29, 1.82) is 0 Å². The quantitative estimate of drug-likeness (QED) is 0.658. The van der Waals surface area contributed by atoms with Gasteiger partial charge in [0.2, 0.25) is 5.13 Å². The fourth-order valence-corrected chi connectivity index (χ4v) is 1.23. The third kappa shape index (κ3) is 2.09. The summed E-state index contributed by atoms with van der Waals surface area (Å²) in [6, 6.07) is 0. The van der Waals surface area contributed by atoms with E-state index in [1.807, 2.05) is 0 Å². The average molecular weight is 179 g/mol. The highest BCUT2D eigenvalue weighted by atomic mass is 35.5. The summed E-state index contributed by atoms with van der Waals surface area (Å²) < 4.78 is 0. The Bertz CT molecular complexity index is 201. The fraction of sp³-hybridized carbons (Fsp3) is 0.500. The van der Waals surface area contributed by atoms with E-state index in [9.17, 15) is 0 Å². The molecule has 0 aliphatic rings. The summed E-state index contributed by atoms with van der Waals surface area (Å²) in [5.41, 5.74) is 5.34. The van der Waals surface area contributed by atoms with E-state index in [1.165, 1.54) is 11.3 Å². The molecule has 56 valence electrons. The molecule has 6 heteroatoms. The third-order valence-electron chi connectivity index (χ3n) is 0.916. The Hall–Kier alpha value is -0.390. The van der Waals surface area contributed by atoms with Gasteiger partial charge in [0, 0.05) is 13.0 Å². The molecule has 0 aromatic carbocycles. The van der Waals surface area contributed by atoms with Crippen molar-refractivity contribution in [3.63, 3.8) is 0 Å². The molecule has 0 spiro atoms. The topological polar surface area (TPSA) is 63.8 Å². The summed E-state index contributed by atoms with van der Waals surface area (Å²) in [5.74, 6) is 0. The van der Waals surface area contributed by atoms with Crippen LogP contribution in [0.4, 0.5) is 5.13 Å². The molecule has 0 amide bonds. The highest BCUT2D eigenvalue weighted by Crippen LogP contribution is 2.10. The molecule has 1 aromatic rings. The molecule has 0 aliphatic carbocycles. The summed E-state index contributed by atoms with van der Waals surface area (Å²) in [6.07, 6.45) is 0.776. The highest BCUT2D eigenvalue weighted by Gasteiger charge is 1.98. The van der Waals surface area contributed by atoms with Crippen LogP contribution in [-0.2, 0) is 6.42 Å². The molecule has 0 saturated carbocycles. The molecule has 10 heavy (non-hydrogen) atoms. The van der Waals surface area contributed by atoms with Crippen molar-refractivity contribution in [1.82, 2.24) is 15.0 Å². The predicted octanol–water partition coefficient (Wildman–Crippen LogP) is 0.406. The van der Waals surface area contributed by atoms with Gasteiger partial charge >= 0.3 is 0 Å². The van der Waals surface area contributed by atoms with E-state index in [-0.39, 0.29) is 0 Å². The van der Waals surface area contributed by atoms with Crippen LogP contribution in [0.1, 0.15) is 5.01 Å². The van der Waals surface area contributed by atoms with E-state index in [1.54, 1.807) is 0 Å². The Balaban J connectivity index is 2.42. The van der Waals surface area contributed by atoms with E-state index in [4.69, 9.17) is 17.5 Å². The zero-order chi connectivity index (χ0) is 7.40. The Labute approximate surface area is 67.5 Å². The molecule has 0 unspecified atom stereocenters. The van der Waals surface area contributed by atoms with Gasteiger partial charge in [-0.25, -0.2) is 4.84 Å². The summed E-state index contributed by atoms with van der Waals surface area (Å²) in [7, 11) is 0. The first-order valence-corrected chi connectivity index (χ1v) is 3.93. The Morgan fingerprint density at radius 2 is 2.40 bits per heavy atom. The second-order valence-electron chi connectivity index (χ2n) is 1.67. The van der Waals surface area contributed by atoms with Gasteiger partial charge in [-0.05, 0) is 11.8 Å². The van der Waals surface area contributed by atoms with Crippen LogP contribution < -0.4 is 10.6 Å². The number of rotatable bonds is 3. The molecule has 0 atom stereocenters. The molecule has 1 aromatic heterocycles. The molecule has 0 saturated heterocycles. The van der Waals surface area contributed by atoms with Crippen molar-refractivity contribution in [3.05, 3.63) is 5.01 Å². The standard InChI is InChI=1S/C4H7ClN4S/c5-7-2-1-3-8-9-4(6)10-3/h7H,1-2H2,(H2,6,9). The van der Waals surface area contributed by atoms with Gasteiger partial charge in [-0.3, -0.25) is 0 Å². The van der Waals surface area contributed by atoms with Crippen LogP contribution in [0.5, 0.6) is 0 Å². The molecular formula is C4H7ClN4S. The predicted molar refractivity (Wildman–Crippen MR) is 41.9 cm³/mol. The maximum Gasteiger partial charge on any atom is 0.203 e. The highest BCUT2D eigenvalue weighted by molar-refractivity contribution is 7.15. The lowest BCUT2D eigenvalue weighted by Crippen LogP contribution is -2.03. The molecule has 0 bridgehead atoms. The molecular weight excluding hydrogens is 172 g/mol. The SMILES string of the molecule is Nc1nnc(CCNCl)s1. The second-order valence-corrected chi connectivity index (χ2v) is 3.03. The van der Waals surface area contributed by atoms with Crippen LogP contribution in [-0.4, -0.2) is 16.7 Å². The number of halogens is 1. The van der Waals surface area contributed by atoms with Crippen molar-refractivity contribution < 1.29 is 0 Å². The van der Waals surface area contributed by atoms with Crippen molar-refractivity contribution in [2.75, 3.05) is 12.3 Å². The van der Waals surface area contributed by atoms with Crippen molar-refractivity contribution in [3.8, 4) is 0 Å². The fourth-order valence-electron chi connectivity index (χ4n) is 0.522.